The van der Waals surface area contributed by atoms with Crippen LogP contribution in [0, 0.1) is 6.92 Å². The van der Waals surface area contributed by atoms with Crippen LogP contribution in [0.3, 0.4) is 0 Å². The van der Waals surface area contributed by atoms with Gasteiger partial charge in [-0.2, -0.15) is 13.4 Å². The standard InChI is InChI=1S/C11H12N4O5S/c1-7-6-8(19-2)13-10(12-7)14-11(16)15-21(17,18)9-4-3-5-20-9/h3-6H,1-2H3,(H2,12,13,14,15,16). The number of furan rings is 1. The number of carbonyl (C=O) groups excluding carboxylic acids is 1. The fourth-order valence-corrected chi connectivity index (χ4v) is 2.25. The molecule has 2 N–H and O–H groups in total. The molecule has 0 radical (unpaired) electrons. The number of rotatable bonds is 4. The molecule has 0 spiro atoms. The smallest absolute Gasteiger partial charge is 0.335 e. The van der Waals surface area contributed by atoms with Gasteiger partial charge in [0.05, 0.1) is 13.4 Å². The van der Waals surface area contributed by atoms with Crippen molar-refractivity contribution >= 4 is 22.0 Å². The molecule has 0 aliphatic heterocycles. The lowest BCUT2D eigenvalue weighted by Crippen LogP contribution is -2.34. The van der Waals surface area contributed by atoms with Crippen molar-refractivity contribution in [2.45, 2.75) is 12.0 Å². The molecule has 0 fully saturated rings. The van der Waals surface area contributed by atoms with Crippen molar-refractivity contribution < 1.29 is 22.4 Å². The molecule has 21 heavy (non-hydrogen) atoms. The highest BCUT2D eigenvalue weighted by atomic mass is 32.2. The first-order chi connectivity index (χ1) is 9.90. The van der Waals surface area contributed by atoms with Crippen molar-refractivity contribution in [3.05, 3.63) is 30.2 Å². The molecule has 2 heterocycles. The number of urea groups is 1. The molecule has 0 atom stereocenters. The molecular weight excluding hydrogens is 300 g/mol. The SMILES string of the molecule is COc1cc(C)nc(NC(=O)NS(=O)(=O)c2ccco2)n1. The summed E-state index contributed by atoms with van der Waals surface area (Å²) in [4.78, 5) is 19.5. The van der Waals surface area contributed by atoms with Crippen LogP contribution >= 0.6 is 0 Å². The summed E-state index contributed by atoms with van der Waals surface area (Å²) in [7, 11) is -2.67. The summed E-state index contributed by atoms with van der Waals surface area (Å²) in [5, 5.41) is 1.83. The zero-order chi connectivity index (χ0) is 15.5. The van der Waals surface area contributed by atoms with Gasteiger partial charge in [0, 0.05) is 11.8 Å². The number of methoxy groups -OCH3 is 1. The Labute approximate surface area is 120 Å². The maximum absolute atomic E-state index is 11.8. The van der Waals surface area contributed by atoms with E-state index in [1.165, 1.54) is 25.5 Å². The maximum Gasteiger partial charge on any atom is 0.335 e. The highest BCUT2D eigenvalue weighted by Gasteiger charge is 2.20. The summed E-state index contributed by atoms with van der Waals surface area (Å²) in [6, 6.07) is 3.14. The molecule has 2 rings (SSSR count). The summed E-state index contributed by atoms with van der Waals surface area (Å²) >= 11 is 0. The largest absolute Gasteiger partial charge is 0.481 e. The molecule has 0 aliphatic carbocycles. The monoisotopic (exact) mass is 312 g/mol. The lowest BCUT2D eigenvalue weighted by atomic mass is 10.4. The summed E-state index contributed by atoms with van der Waals surface area (Å²) in [5.74, 6) is 0.158. The average molecular weight is 312 g/mol. The van der Waals surface area contributed by atoms with Crippen molar-refractivity contribution in [2.24, 2.45) is 0 Å². The number of anilines is 1. The van der Waals surface area contributed by atoms with E-state index >= 15 is 0 Å². The van der Waals surface area contributed by atoms with Crippen LogP contribution in [0.15, 0.2) is 34.0 Å². The second kappa shape index (κ2) is 5.79. The van der Waals surface area contributed by atoms with Gasteiger partial charge in [0.1, 0.15) is 0 Å². The Kier molecular flexibility index (Phi) is 4.08. The predicted molar refractivity (Wildman–Crippen MR) is 71.4 cm³/mol. The van der Waals surface area contributed by atoms with Crippen LogP contribution in [0.2, 0.25) is 0 Å². The third-order valence-corrected chi connectivity index (χ3v) is 3.47. The summed E-state index contributed by atoms with van der Waals surface area (Å²) in [5.41, 5.74) is 0.547. The van der Waals surface area contributed by atoms with Gasteiger partial charge >= 0.3 is 6.03 Å². The summed E-state index contributed by atoms with van der Waals surface area (Å²) < 4.78 is 34.9. The molecule has 2 aromatic heterocycles. The lowest BCUT2D eigenvalue weighted by molar-refractivity contribution is 0.256. The highest BCUT2D eigenvalue weighted by Crippen LogP contribution is 2.12. The van der Waals surface area contributed by atoms with Crippen LogP contribution in [0.25, 0.3) is 0 Å². The van der Waals surface area contributed by atoms with Gasteiger partial charge < -0.3 is 9.15 Å². The van der Waals surface area contributed by atoms with Gasteiger partial charge in [-0.1, -0.05) is 0 Å². The zero-order valence-electron chi connectivity index (χ0n) is 11.2. The molecule has 2 aromatic rings. The molecule has 10 heteroatoms. The number of nitrogens with zero attached hydrogens (tertiary/aromatic N) is 2. The van der Waals surface area contributed by atoms with Gasteiger partial charge in [0.15, 0.2) is 0 Å². The van der Waals surface area contributed by atoms with E-state index in [1.807, 2.05) is 0 Å². The Bertz CT molecular complexity index is 742. The first kappa shape index (κ1) is 14.8. The van der Waals surface area contributed by atoms with Gasteiger partial charge in [-0.15, -0.1) is 0 Å². The van der Waals surface area contributed by atoms with Gasteiger partial charge in [-0.05, 0) is 19.1 Å². The predicted octanol–water partition coefficient (Wildman–Crippen LogP) is 0.897. The molecule has 0 unspecified atom stereocenters. The minimum Gasteiger partial charge on any atom is -0.481 e. The zero-order valence-corrected chi connectivity index (χ0v) is 12.0. The molecular formula is C11H12N4O5S. The van der Waals surface area contributed by atoms with E-state index in [1.54, 1.807) is 17.7 Å². The van der Waals surface area contributed by atoms with Crippen LogP contribution < -0.4 is 14.8 Å². The Morgan fingerprint density at radius 2 is 2.14 bits per heavy atom. The first-order valence-electron chi connectivity index (χ1n) is 5.68. The van der Waals surface area contributed by atoms with Gasteiger partial charge in [0.25, 0.3) is 10.0 Å². The normalized spacial score (nSPS) is 11.0. The van der Waals surface area contributed by atoms with Crippen LogP contribution in [0.1, 0.15) is 5.69 Å². The highest BCUT2D eigenvalue weighted by molar-refractivity contribution is 7.89. The Balaban J connectivity index is 2.10. The average Bonchev–Trinajstić information content (AvgIpc) is 2.91. The fourth-order valence-electron chi connectivity index (χ4n) is 1.42. The number of carbonyl (C=O) groups is 1. The van der Waals surface area contributed by atoms with E-state index in [9.17, 15) is 13.2 Å². The number of aromatic nitrogens is 2. The number of ether oxygens (including phenoxy) is 1. The van der Waals surface area contributed by atoms with Gasteiger partial charge in [-0.25, -0.2) is 14.5 Å². The van der Waals surface area contributed by atoms with Gasteiger partial charge in [0.2, 0.25) is 16.9 Å². The minimum absolute atomic E-state index is 0.0843. The summed E-state index contributed by atoms with van der Waals surface area (Å²) in [6.07, 6.45) is 1.18. The second-order valence-corrected chi connectivity index (χ2v) is 5.48. The van der Waals surface area contributed by atoms with Crippen molar-refractivity contribution in [1.82, 2.24) is 14.7 Å². The number of hydrogen-bond donors (Lipinski definition) is 2. The van der Waals surface area contributed by atoms with Crippen molar-refractivity contribution in [2.75, 3.05) is 12.4 Å². The molecule has 0 aliphatic rings. The molecule has 0 saturated heterocycles. The molecule has 0 bridgehead atoms. The molecule has 0 saturated carbocycles. The van der Waals surface area contributed by atoms with E-state index in [2.05, 4.69) is 15.3 Å². The number of sulfonamides is 1. The van der Waals surface area contributed by atoms with Crippen LogP contribution in [0.5, 0.6) is 5.88 Å². The van der Waals surface area contributed by atoms with Crippen molar-refractivity contribution in [3.8, 4) is 5.88 Å². The first-order valence-corrected chi connectivity index (χ1v) is 7.16. The maximum atomic E-state index is 11.8. The third-order valence-electron chi connectivity index (χ3n) is 2.25. The Morgan fingerprint density at radius 1 is 1.38 bits per heavy atom. The van der Waals surface area contributed by atoms with E-state index < -0.39 is 16.1 Å². The van der Waals surface area contributed by atoms with Crippen LogP contribution in [-0.4, -0.2) is 31.5 Å². The molecule has 9 nitrogen and oxygen atoms in total. The van der Waals surface area contributed by atoms with E-state index in [0.29, 0.717) is 5.69 Å². The van der Waals surface area contributed by atoms with Crippen molar-refractivity contribution in [3.63, 3.8) is 0 Å². The number of amides is 2. The van der Waals surface area contributed by atoms with Crippen LogP contribution in [0.4, 0.5) is 10.7 Å². The lowest BCUT2D eigenvalue weighted by Gasteiger charge is -2.07. The Morgan fingerprint density at radius 3 is 2.76 bits per heavy atom. The third kappa shape index (κ3) is 3.69. The number of hydrogen-bond acceptors (Lipinski definition) is 7. The van der Waals surface area contributed by atoms with Crippen molar-refractivity contribution in [1.29, 1.82) is 0 Å². The van der Waals surface area contributed by atoms with Crippen LogP contribution in [-0.2, 0) is 10.0 Å². The second-order valence-electron chi connectivity index (χ2n) is 3.87. The number of nitrogens with one attached hydrogen (secondary N) is 2. The van der Waals surface area contributed by atoms with E-state index in [0.717, 1.165) is 0 Å². The quantitative estimate of drug-likeness (QED) is 0.859. The van der Waals surface area contributed by atoms with E-state index in [-0.39, 0.29) is 16.9 Å². The van der Waals surface area contributed by atoms with Gasteiger partial charge in [-0.3, -0.25) is 5.32 Å². The topological polar surface area (TPSA) is 123 Å². The minimum atomic E-state index is -4.08. The number of aryl methyl sites for hydroxylation is 1. The van der Waals surface area contributed by atoms with E-state index in [4.69, 9.17) is 9.15 Å². The fraction of sp³-hybridized carbons (Fsp3) is 0.182. The Hall–Kier alpha value is -2.62. The summed E-state index contributed by atoms with van der Waals surface area (Å²) in [6.45, 7) is 1.67. The molecule has 112 valence electrons. The molecule has 0 aromatic carbocycles. The molecule has 2 amide bonds.